The summed E-state index contributed by atoms with van der Waals surface area (Å²) < 4.78 is 5.46. The summed E-state index contributed by atoms with van der Waals surface area (Å²) >= 11 is 1.42. The lowest BCUT2D eigenvalue weighted by atomic mass is 10.1. The number of thiazole rings is 1. The average molecular weight is 424 g/mol. The van der Waals surface area contributed by atoms with Crippen LogP contribution in [0.5, 0.6) is 0 Å². The highest BCUT2D eigenvalue weighted by atomic mass is 32.1. The molecule has 3 aromatic rings. The Morgan fingerprint density at radius 3 is 2.70 bits per heavy atom. The number of ether oxygens (including phenoxy) is 1. The third-order valence-corrected chi connectivity index (χ3v) is 5.81. The van der Waals surface area contributed by atoms with E-state index in [2.05, 4.69) is 16.4 Å². The highest BCUT2D eigenvalue weighted by Crippen LogP contribution is 2.29. The van der Waals surface area contributed by atoms with Gasteiger partial charge in [0.05, 0.1) is 18.7 Å². The third kappa shape index (κ3) is 4.79. The van der Waals surface area contributed by atoms with Crippen molar-refractivity contribution in [3.8, 4) is 0 Å². The van der Waals surface area contributed by atoms with E-state index in [4.69, 9.17) is 4.74 Å². The van der Waals surface area contributed by atoms with E-state index in [-0.39, 0.29) is 12.0 Å². The van der Waals surface area contributed by atoms with Gasteiger partial charge in [-0.25, -0.2) is 9.78 Å². The number of aromatic nitrogens is 1. The van der Waals surface area contributed by atoms with Crippen LogP contribution in [0.3, 0.4) is 0 Å². The standard InChI is InChI=1S/C23H25N3O3S/c1-23(2,3)29-22(28)26-11-10-18-19(14-26)30-21(24-18)25-20(27)13-15-8-9-16-6-4-5-7-17(16)12-15/h4-9,12H,10-11,13-14H2,1-3H3,(H,24,25,27). The average Bonchev–Trinajstić information content (AvgIpc) is 3.07. The van der Waals surface area contributed by atoms with Gasteiger partial charge < -0.3 is 15.0 Å². The van der Waals surface area contributed by atoms with Crippen LogP contribution in [0.15, 0.2) is 42.5 Å². The molecule has 30 heavy (non-hydrogen) atoms. The lowest BCUT2D eigenvalue weighted by Gasteiger charge is -2.29. The zero-order chi connectivity index (χ0) is 21.3. The lowest BCUT2D eigenvalue weighted by molar-refractivity contribution is -0.115. The Balaban J connectivity index is 1.39. The molecule has 0 saturated carbocycles. The summed E-state index contributed by atoms with van der Waals surface area (Å²) in [5.41, 5.74) is 1.39. The Labute approximate surface area is 179 Å². The summed E-state index contributed by atoms with van der Waals surface area (Å²) in [6.45, 7) is 6.60. The van der Waals surface area contributed by atoms with Gasteiger partial charge in [-0.15, -0.1) is 0 Å². The summed E-state index contributed by atoms with van der Waals surface area (Å²) in [5, 5.41) is 5.77. The predicted molar refractivity (Wildman–Crippen MR) is 119 cm³/mol. The molecule has 1 aliphatic rings. The van der Waals surface area contributed by atoms with Gasteiger partial charge in [-0.3, -0.25) is 4.79 Å². The second kappa shape index (κ2) is 8.07. The smallest absolute Gasteiger partial charge is 0.410 e. The molecule has 2 amide bonds. The number of fused-ring (bicyclic) bond motifs is 2. The monoisotopic (exact) mass is 423 g/mol. The van der Waals surface area contributed by atoms with Crippen molar-refractivity contribution >= 4 is 39.2 Å². The summed E-state index contributed by atoms with van der Waals surface area (Å²) in [7, 11) is 0. The minimum atomic E-state index is -0.521. The molecule has 1 N–H and O–H groups in total. The number of carbonyl (C=O) groups excluding carboxylic acids is 2. The topological polar surface area (TPSA) is 71.5 Å². The van der Waals surface area contributed by atoms with Crippen molar-refractivity contribution in [3.05, 3.63) is 58.6 Å². The maximum absolute atomic E-state index is 12.5. The Hall–Kier alpha value is -2.93. The van der Waals surface area contributed by atoms with E-state index >= 15 is 0 Å². The first kappa shape index (κ1) is 20.3. The SMILES string of the molecule is CC(C)(C)OC(=O)N1CCc2nc(NC(=O)Cc3ccc4ccccc4c3)sc2C1. The van der Waals surface area contributed by atoms with E-state index in [1.165, 1.54) is 11.3 Å². The minimum absolute atomic E-state index is 0.0969. The van der Waals surface area contributed by atoms with Gasteiger partial charge in [0.1, 0.15) is 5.60 Å². The van der Waals surface area contributed by atoms with Gasteiger partial charge in [-0.2, -0.15) is 0 Å². The van der Waals surface area contributed by atoms with Gasteiger partial charge in [-0.1, -0.05) is 53.8 Å². The fourth-order valence-electron chi connectivity index (χ4n) is 3.43. The molecule has 0 bridgehead atoms. The van der Waals surface area contributed by atoms with Crippen LogP contribution in [0.25, 0.3) is 10.8 Å². The van der Waals surface area contributed by atoms with E-state index in [0.29, 0.717) is 31.1 Å². The fourth-order valence-corrected chi connectivity index (χ4v) is 4.47. The molecule has 2 heterocycles. The molecule has 1 aromatic heterocycles. The maximum Gasteiger partial charge on any atom is 0.410 e. The molecule has 0 unspecified atom stereocenters. The van der Waals surface area contributed by atoms with Crippen LogP contribution < -0.4 is 5.32 Å². The van der Waals surface area contributed by atoms with E-state index in [1.807, 2.05) is 57.2 Å². The maximum atomic E-state index is 12.5. The van der Waals surface area contributed by atoms with Gasteiger partial charge in [0.2, 0.25) is 5.91 Å². The van der Waals surface area contributed by atoms with Crippen LogP contribution in [0.2, 0.25) is 0 Å². The molecule has 0 radical (unpaired) electrons. The second-order valence-electron chi connectivity index (χ2n) is 8.45. The van der Waals surface area contributed by atoms with Crippen molar-refractivity contribution in [2.45, 2.75) is 45.8 Å². The van der Waals surface area contributed by atoms with Crippen LogP contribution >= 0.6 is 11.3 Å². The summed E-state index contributed by atoms with van der Waals surface area (Å²) in [4.78, 5) is 32.1. The van der Waals surface area contributed by atoms with Crippen LogP contribution in [-0.4, -0.2) is 34.0 Å². The number of benzene rings is 2. The van der Waals surface area contributed by atoms with E-state index in [9.17, 15) is 9.59 Å². The first-order valence-electron chi connectivity index (χ1n) is 10.0. The number of rotatable bonds is 3. The normalized spacial score (nSPS) is 13.8. The molecule has 0 aliphatic carbocycles. The molecule has 1 aliphatic heterocycles. The van der Waals surface area contributed by atoms with Crippen molar-refractivity contribution in [1.82, 2.24) is 9.88 Å². The second-order valence-corrected chi connectivity index (χ2v) is 9.53. The molecule has 156 valence electrons. The van der Waals surface area contributed by atoms with E-state index in [1.54, 1.807) is 4.90 Å². The molecule has 7 heteroatoms. The minimum Gasteiger partial charge on any atom is -0.444 e. The Morgan fingerprint density at radius 1 is 1.17 bits per heavy atom. The summed E-state index contributed by atoms with van der Waals surface area (Å²) in [5.74, 6) is -0.0969. The third-order valence-electron chi connectivity index (χ3n) is 4.81. The number of carbonyl (C=O) groups is 2. The summed E-state index contributed by atoms with van der Waals surface area (Å²) in [6.07, 6.45) is 0.633. The van der Waals surface area contributed by atoms with Gasteiger partial charge in [0.25, 0.3) is 0 Å². The summed E-state index contributed by atoms with van der Waals surface area (Å²) in [6, 6.07) is 14.1. The van der Waals surface area contributed by atoms with Crippen LogP contribution in [-0.2, 0) is 28.9 Å². The number of hydrogen-bond acceptors (Lipinski definition) is 5. The highest BCUT2D eigenvalue weighted by Gasteiger charge is 2.28. The molecular formula is C23H25N3O3S. The Morgan fingerprint density at radius 2 is 1.93 bits per heavy atom. The first-order chi connectivity index (χ1) is 14.3. The van der Waals surface area contributed by atoms with Crippen molar-refractivity contribution < 1.29 is 14.3 Å². The number of nitrogens with zero attached hydrogens (tertiary/aromatic N) is 2. The molecule has 0 atom stereocenters. The molecule has 0 saturated heterocycles. The van der Waals surface area contributed by atoms with E-state index in [0.717, 1.165) is 26.9 Å². The number of hydrogen-bond donors (Lipinski definition) is 1. The van der Waals surface area contributed by atoms with Crippen molar-refractivity contribution in [2.75, 3.05) is 11.9 Å². The molecule has 0 fully saturated rings. The Bertz CT molecular complexity index is 1100. The van der Waals surface area contributed by atoms with Gasteiger partial charge in [0.15, 0.2) is 5.13 Å². The highest BCUT2D eigenvalue weighted by molar-refractivity contribution is 7.15. The van der Waals surface area contributed by atoms with Gasteiger partial charge in [0, 0.05) is 17.8 Å². The zero-order valence-electron chi connectivity index (χ0n) is 17.4. The fraction of sp³-hybridized carbons (Fsp3) is 0.348. The number of anilines is 1. The molecule has 4 rings (SSSR count). The van der Waals surface area contributed by atoms with Crippen molar-refractivity contribution in [1.29, 1.82) is 0 Å². The van der Waals surface area contributed by atoms with Gasteiger partial charge in [-0.05, 0) is 37.1 Å². The Kier molecular flexibility index (Phi) is 5.47. The first-order valence-corrected chi connectivity index (χ1v) is 10.8. The van der Waals surface area contributed by atoms with Crippen molar-refractivity contribution in [2.24, 2.45) is 0 Å². The number of nitrogens with one attached hydrogen (secondary N) is 1. The van der Waals surface area contributed by atoms with Crippen molar-refractivity contribution in [3.63, 3.8) is 0 Å². The molecule has 6 nitrogen and oxygen atoms in total. The predicted octanol–water partition coefficient (Wildman–Crippen LogP) is 4.77. The molecular weight excluding hydrogens is 398 g/mol. The lowest BCUT2D eigenvalue weighted by Crippen LogP contribution is -2.39. The van der Waals surface area contributed by atoms with Gasteiger partial charge >= 0.3 is 6.09 Å². The van der Waals surface area contributed by atoms with E-state index < -0.39 is 5.60 Å². The van der Waals surface area contributed by atoms with Crippen LogP contribution in [0.4, 0.5) is 9.93 Å². The van der Waals surface area contributed by atoms with Crippen LogP contribution in [0.1, 0.15) is 36.9 Å². The quantitative estimate of drug-likeness (QED) is 0.659. The zero-order valence-corrected chi connectivity index (χ0v) is 18.2. The van der Waals surface area contributed by atoms with Crippen LogP contribution in [0, 0.1) is 0 Å². The largest absolute Gasteiger partial charge is 0.444 e. The molecule has 2 aromatic carbocycles. The molecule has 0 spiro atoms. The number of amides is 2.